The number of benzene rings is 1. The molecular weight excluding hydrogens is 382 g/mol. The Morgan fingerprint density at radius 2 is 1.73 bits per heavy atom. The Bertz CT molecular complexity index is 695. The van der Waals surface area contributed by atoms with E-state index in [4.69, 9.17) is 15.2 Å². The molecule has 150 valence electrons. The van der Waals surface area contributed by atoms with Crippen LogP contribution in [0.2, 0.25) is 0 Å². The van der Waals surface area contributed by atoms with Crippen molar-refractivity contribution >= 4 is 28.3 Å². The summed E-state index contributed by atoms with van der Waals surface area (Å²) in [5, 5.41) is 2.65. The normalized spacial score (nSPS) is 11.4. The number of rotatable bonds is 10. The van der Waals surface area contributed by atoms with Crippen LogP contribution in [-0.2, 0) is 14.8 Å². The zero-order chi connectivity index (χ0) is 19.1. The van der Waals surface area contributed by atoms with E-state index in [0.29, 0.717) is 24.7 Å². The van der Waals surface area contributed by atoms with E-state index in [1.54, 1.807) is 20.8 Å². The van der Waals surface area contributed by atoms with Crippen LogP contribution in [0.5, 0.6) is 11.5 Å². The second-order valence-electron chi connectivity index (χ2n) is 5.94. The molecule has 0 unspecified atom stereocenters. The van der Waals surface area contributed by atoms with Crippen molar-refractivity contribution in [2.45, 2.75) is 38.1 Å². The third kappa shape index (κ3) is 7.36. The zero-order valence-corrected chi connectivity index (χ0v) is 17.1. The molecular formula is C16H28ClN3O5S. The largest absolute Gasteiger partial charge is 0.490 e. The minimum atomic E-state index is -3.87. The fraction of sp³-hybridized carbons (Fsp3) is 0.562. The molecule has 0 spiro atoms. The van der Waals surface area contributed by atoms with Crippen LogP contribution < -0.4 is 25.2 Å². The number of hydrogen-bond acceptors (Lipinski definition) is 6. The lowest BCUT2D eigenvalue weighted by Gasteiger charge is -2.24. The fourth-order valence-corrected chi connectivity index (χ4v) is 2.91. The molecule has 0 atom stereocenters. The number of carbonyl (C=O) groups excluding carboxylic acids is 1. The number of nitrogens with two attached hydrogens (primary N) is 1. The van der Waals surface area contributed by atoms with Crippen molar-refractivity contribution in [2.75, 3.05) is 26.3 Å². The number of sulfonamides is 1. The first kappa shape index (κ1) is 24.5. The lowest BCUT2D eigenvalue weighted by molar-refractivity contribution is -0.121. The maximum Gasteiger partial charge on any atom is 0.241 e. The van der Waals surface area contributed by atoms with Gasteiger partial charge in [0, 0.05) is 18.2 Å². The molecule has 26 heavy (non-hydrogen) atoms. The zero-order valence-electron chi connectivity index (χ0n) is 15.5. The van der Waals surface area contributed by atoms with Gasteiger partial charge in [0.1, 0.15) is 0 Å². The van der Waals surface area contributed by atoms with Crippen LogP contribution in [0.15, 0.2) is 23.1 Å². The Hall–Kier alpha value is -1.55. The van der Waals surface area contributed by atoms with Crippen molar-refractivity contribution < 1.29 is 22.7 Å². The molecule has 0 bridgehead atoms. The molecule has 0 fully saturated rings. The third-order valence-corrected chi connectivity index (χ3v) is 4.63. The molecule has 8 nitrogen and oxygen atoms in total. The van der Waals surface area contributed by atoms with Crippen LogP contribution >= 0.6 is 12.4 Å². The van der Waals surface area contributed by atoms with Gasteiger partial charge in [0.05, 0.1) is 24.7 Å². The van der Waals surface area contributed by atoms with Gasteiger partial charge in [-0.05, 0) is 39.8 Å². The number of amides is 1. The average molecular weight is 410 g/mol. The number of hydrogen-bond donors (Lipinski definition) is 3. The van der Waals surface area contributed by atoms with Gasteiger partial charge in [-0.2, -0.15) is 0 Å². The maximum atomic E-state index is 12.4. The third-order valence-electron chi connectivity index (χ3n) is 3.24. The average Bonchev–Trinajstić information content (AvgIpc) is 2.55. The number of nitrogens with one attached hydrogen (secondary N) is 2. The SMILES string of the molecule is CCOc1ccc(S(=O)(=O)NCC(=O)NC(C)(C)CN)cc1OCC.Cl. The van der Waals surface area contributed by atoms with Crippen LogP contribution in [0.4, 0.5) is 0 Å². The van der Waals surface area contributed by atoms with Gasteiger partial charge >= 0.3 is 0 Å². The predicted molar refractivity (Wildman–Crippen MR) is 102 cm³/mol. The van der Waals surface area contributed by atoms with Crippen LogP contribution in [-0.4, -0.2) is 46.2 Å². The Morgan fingerprint density at radius 3 is 2.27 bits per heavy atom. The van der Waals surface area contributed by atoms with Crippen molar-refractivity contribution in [3.8, 4) is 11.5 Å². The number of carbonyl (C=O) groups is 1. The molecule has 1 amide bonds. The van der Waals surface area contributed by atoms with E-state index in [-0.39, 0.29) is 30.4 Å². The molecule has 1 aromatic rings. The van der Waals surface area contributed by atoms with Crippen LogP contribution in [0.25, 0.3) is 0 Å². The molecule has 0 saturated carbocycles. The Balaban J connectivity index is 0.00000625. The van der Waals surface area contributed by atoms with Gasteiger partial charge < -0.3 is 20.5 Å². The minimum absolute atomic E-state index is 0. The summed E-state index contributed by atoms with van der Waals surface area (Å²) in [7, 11) is -3.87. The van der Waals surface area contributed by atoms with Gasteiger partial charge in [0.25, 0.3) is 0 Å². The summed E-state index contributed by atoms with van der Waals surface area (Å²) in [6.07, 6.45) is 0. The van der Waals surface area contributed by atoms with E-state index in [2.05, 4.69) is 10.0 Å². The summed E-state index contributed by atoms with van der Waals surface area (Å²) in [5.41, 5.74) is 4.93. The van der Waals surface area contributed by atoms with Crippen molar-refractivity contribution in [3.63, 3.8) is 0 Å². The van der Waals surface area contributed by atoms with Crippen molar-refractivity contribution in [1.82, 2.24) is 10.0 Å². The van der Waals surface area contributed by atoms with Crippen molar-refractivity contribution in [3.05, 3.63) is 18.2 Å². The Labute approximate surface area is 161 Å². The second-order valence-corrected chi connectivity index (χ2v) is 7.70. The quantitative estimate of drug-likeness (QED) is 0.531. The standard InChI is InChI=1S/C16H27N3O5S.ClH/c1-5-23-13-8-7-12(9-14(13)24-6-2)25(21,22)18-10-15(20)19-16(3,4)11-17;/h7-9,18H,5-6,10-11,17H2,1-4H3,(H,19,20);1H. The van der Waals surface area contributed by atoms with Crippen LogP contribution in [0.1, 0.15) is 27.7 Å². The smallest absolute Gasteiger partial charge is 0.241 e. The van der Waals surface area contributed by atoms with E-state index in [1.165, 1.54) is 18.2 Å². The van der Waals surface area contributed by atoms with E-state index in [1.807, 2.05) is 6.92 Å². The molecule has 0 aliphatic carbocycles. The van der Waals surface area contributed by atoms with E-state index in [0.717, 1.165) is 0 Å². The summed E-state index contributed by atoms with van der Waals surface area (Å²) in [6, 6.07) is 4.30. The molecule has 0 aliphatic rings. The summed E-state index contributed by atoms with van der Waals surface area (Å²) < 4.78 is 37.9. The second kappa shape index (κ2) is 10.6. The van der Waals surface area contributed by atoms with Gasteiger partial charge in [0.15, 0.2) is 11.5 Å². The highest BCUT2D eigenvalue weighted by Crippen LogP contribution is 2.30. The Kier molecular flexibility index (Phi) is 9.93. The summed E-state index contributed by atoms with van der Waals surface area (Å²) in [6.45, 7) is 7.77. The predicted octanol–water partition coefficient (Wildman–Crippen LogP) is 1.04. The van der Waals surface area contributed by atoms with E-state index >= 15 is 0 Å². The summed E-state index contributed by atoms with van der Waals surface area (Å²) >= 11 is 0. The molecule has 1 rings (SSSR count). The molecule has 0 heterocycles. The minimum Gasteiger partial charge on any atom is -0.490 e. The fourth-order valence-electron chi connectivity index (χ4n) is 1.92. The molecule has 1 aromatic carbocycles. The van der Waals surface area contributed by atoms with Gasteiger partial charge in [0.2, 0.25) is 15.9 Å². The van der Waals surface area contributed by atoms with Crippen molar-refractivity contribution in [1.29, 1.82) is 0 Å². The molecule has 10 heteroatoms. The number of ether oxygens (including phenoxy) is 2. The monoisotopic (exact) mass is 409 g/mol. The van der Waals surface area contributed by atoms with Gasteiger partial charge in [-0.25, -0.2) is 13.1 Å². The first-order valence-electron chi connectivity index (χ1n) is 8.05. The lowest BCUT2D eigenvalue weighted by atomic mass is 10.1. The summed E-state index contributed by atoms with van der Waals surface area (Å²) in [4.78, 5) is 11.9. The van der Waals surface area contributed by atoms with Gasteiger partial charge in [-0.3, -0.25) is 4.79 Å². The summed E-state index contributed by atoms with van der Waals surface area (Å²) in [5.74, 6) is 0.335. The topological polar surface area (TPSA) is 120 Å². The first-order valence-corrected chi connectivity index (χ1v) is 9.54. The van der Waals surface area contributed by atoms with E-state index < -0.39 is 21.5 Å². The molecule has 0 aromatic heterocycles. The van der Waals surface area contributed by atoms with Gasteiger partial charge in [-0.1, -0.05) is 0 Å². The Morgan fingerprint density at radius 1 is 1.15 bits per heavy atom. The first-order chi connectivity index (χ1) is 11.6. The molecule has 0 saturated heterocycles. The molecule has 0 aliphatic heterocycles. The van der Waals surface area contributed by atoms with E-state index in [9.17, 15) is 13.2 Å². The molecule has 0 radical (unpaired) electrons. The van der Waals surface area contributed by atoms with Gasteiger partial charge in [-0.15, -0.1) is 12.4 Å². The highest BCUT2D eigenvalue weighted by atomic mass is 35.5. The lowest BCUT2D eigenvalue weighted by Crippen LogP contribution is -2.51. The van der Waals surface area contributed by atoms with Crippen LogP contribution in [0, 0.1) is 0 Å². The van der Waals surface area contributed by atoms with Crippen LogP contribution in [0.3, 0.4) is 0 Å². The number of halogens is 1. The highest BCUT2D eigenvalue weighted by molar-refractivity contribution is 7.89. The highest BCUT2D eigenvalue weighted by Gasteiger charge is 2.21. The maximum absolute atomic E-state index is 12.4. The van der Waals surface area contributed by atoms with Crippen molar-refractivity contribution in [2.24, 2.45) is 5.73 Å². The molecule has 4 N–H and O–H groups in total.